The van der Waals surface area contributed by atoms with Gasteiger partial charge in [0, 0.05) is 11.8 Å². The van der Waals surface area contributed by atoms with Crippen LogP contribution in [0.2, 0.25) is 0 Å². The first-order valence-corrected chi connectivity index (χ1v) is 10.1. The van der Waals surface area contributed by atoms with Crippen molar-refractivity contribution in [2.24, 2.45) is 0 Å². The third-order valence-electron chi connectivity index (χ3n) is 5.15. The minimum atomic E-state index is -0.787. The Labute approximate surface area is 190 Å². The van der Waals surface area contributed by atoms with Gasteiger partial charge in [0.15, 0.2) is 11.3 Å². The summed E-state index contributed by atoms with van der Waals surface area (Å²) in [4.78, 5) is 44.3. The van der Waals surface area contributed by atoms with Gasteiger partial charge >= 0.3 is 0 Å². The molecule has 11 heteroatoms. The molecular weight excluding hydrogens is 441 g/mol. The zero-order valence-electron chi connectivity index (χ0n) is 17.7. The molecule has 0 saturated carbocycles. The van der Waals surface area contributed by atoms with E-state index in [9.17, 15) is 18.8 Å². The van der Waals surface area contributed by atoms with E-state index in [1.165, 1.54) is 46.2 Å². The van der Waals surface area contributed by atoms with Crippen LogP contribution in [0.4, 0.5) is 10.1 Å². The number of benzene rings is 2. The fourth-order valence-corrected chi connectivity index (χ4v) is 3.55. The fourth-order valence-electron chi connectivity index (χ4n) is 3.55. The molecule has 0 aliphatic carbocycles. The third-order valence-corrected chi connectivity index (χ3v) is 5.15. The smallest absolute Gasteiger partial charge is 0.280 e. The number of aromatic nitrogens is 6. The molecule has 1 amide bonds. The molecule has 3 aromatic heterocycles. The van der Waals surface area contributed by atoms with Crippen molar-refractivity contribution in [3.8, 4) is 11.4 Å². The number of amides is 1. The summed E-state index contributed by atoms with van der Waals surface area (Å²) in [6.45, 7) is 1.59. The van der Waals surface area contributed by atoms with Gasteiger partial charge < -0.3 is 10.3 Å². The maximum atomic E-state index is 14.3. The van der Waals surface area contributed by atoms with Gasteiger partial charge in [0.2, 0.25) is 5.43 Å². The number of fused-ring (bicyclic) bond motifs is 1. The maximum Gasteiger partial charge on any atom is 0.280 e. The number of nitrogens with zero attached hydrogens (tertiary/aromatic N) is 5. The van der Waals surface area contributed by atoms with Gasteiger partial charge in [-0.3, -0.25) is 14.4 Å². The summed E-state index contributed by atoms with van der Waals surface area (Å²) in [6.07, 6.45) is 2.62. The molecule has 0 aliphatic heterocycles. The van der Waals surface area contributed by atoms with Crippen molar-refractivity contribution in [2.45, 2.75) is 6.92 Å². The molecule has 2 N–H and O–H groups in total. The summed E-state index contributed by atoms with van der Waals surface area (Å²) < 4.78 is 16.9. The molecule has 0 saturated heterocycles. The van der Waals surface area contributed by atoms with E-state index >= 15 is 0 Å². The van der Waals surface area contributed by atoms with Crippen LogP contribution in [0.15, 0.2) is 76.7 Å². The van der Waals surface area contributed by atoms with Crippen LogP contribution in [0.3, 0.4) is 0 Å². The number of aromatic amines is 1. The molecule has 3 heterocycles. The summed E-state index contributed by atoms with van der Waals surface area (Å²) in [5.41, 5.74) is 0.113. The zero-order chi connectivity index (χ0) is 23.8. The predicted octanol–water partition coefficient (Wildman–Crippen LogP) is 2.35. The second-order valence-corrected chi connectivity index (χ2v) is 7.36. The Hall–Kier alpha value is -4.93. The van der Waals surface area contributed by atoms with E-state index in [-0.39, 0.29) is 16.6 Å². The monoisotopic (exact) mass is 457 g/mol. The lowest BCUT2D eigenvalue weighted by atomic mass is 10.2. The average Bonchev–Trinajstić information content (AvgIpc) is 3.25. The first kappa shape index (κ1) is 20.9. The number of carbonyl (C=O) groups is 1. The minimum Gasteiger partial charge on any atom is -0.319 e. The Morgan fingerprint density at radius 1 is 1.03 bits per heavy atom. The lowest BCUT2D eigenvalue weighted by Gasteiger charge is -2.13. The number of halogens is 1. The number of carbonyl (C=O) groups excluding carboxylic acids is 1. The van der Waals surface area contributed by atoms with Crippen molar-refractivity contribution >= 4 is 22.6 Å². The molecule has 0 atom stereocenters. The molecule has 34 heavy (non-hydrogen) atoms. The number of nitrogens with one attached hydrogen (secondary N) is 2. The Morgan fingerprint density at radius 2 is 1.76 bits per heavy atom. The van der Waals surface area contributed by atoms with E-state index in [4.69, 9.17) is 0 Å². The van der Waals surface area contributed by atoms with Crippen LogP contribution in [0.5, 0.6) is 0 Å². The Kier molecular flexibility index (Phi) is 5.05. The van der Waals surface area contributed by atoms with Gasteiger partial charge in [-0.1, -0.05) is 24.3 Å². The molecule has 0 unspecified atom stereocenters. The van der Waals surface area contributed by atoms with Crippen molar-refractivity contribution in [1.29, 1.82) is 0 Å². The van der Waals surface area contributed by atoms with Crippen LogP contribution in [0.1, 0.15) is 16.2 Å². The number of H-pyrrole nitrogens is 1. The van der Waals surface area contributed by atoms with Gasteiger partial charge in [0.25, 0.3) is 11.5 Å². The molecule has 5 rings (SSSR count). The highest BCUT2D eigenvalue weighted by atomic mass is 19.1. The van der Waals surface area contributed by atoms with Crippen molar-refractivity contribution in [2.75, 3.05) is 5.32 Å². The highest BCUT2D eigenvalue weighted by Gasteiger charge is 2.19. The largest absolute Gasteiger partial charge is 0.319 e. The highest BCUT2D eigenvalue weighted by Crippen LogP contribution is 2.22. The van der Waals surface area contributed by atoms with Crippen molar-refractivity contribution in [3.63, 3.8) is 0 Å². The molecule has 10 nitrogen and oxygen atoms in total. The minimum absolute atomic E-state index is 0.105. The number of rotatable bonds is 4. The van der Waals surface area contributed by atoms with Gasteiger partial charge in [0.05, 0.1) is 23.9 Å². The van der Waals surface area contributed by atoms with Gasteiger partial charge in [-0.25, -0.2) is 18.7 Å². The molecule has 0 aliphatic rings. The summed E-state index contributed by atoms with van der Waals surface area (Å²) in [5, 5.41) is 11.3. The second kappa shape index (κ2) is 8.20. The van der Waals surface area contributed by atoms with Crippen LogP contribution < -0.4 is 16.3 Å². The topological polar surface area (TPSA) is 128 Å². The SMILES string of the molecule is Cc1cc(=O)c(C(=O)Nc2ccccc2-n2ncc3c(=O)[nH]cnc32)nn1-c1ccccc1F. The Bertz CT molecular complexity index is 1690. The Morgan fingerprint density at radius 3 is 2.56 bits per heavy atom. The normalized spacial score (nSPS) is 11.0. The number of anilines is 1. The summed E-state index contributed by atoms with van der Waals surface area (Å²) in [7, 11) is 0. The molecule has 0 bridgehead atoms. The molecule has 168 valence electrons. The molecule has 2 aromatic carbocycles. The van der Waals surface area contributed by atoms with Crippen LogP contribution >= 0.6 is 0 Å². The summed E-state index contributed by atoms with van der Waals surface area (Å²) >= 11 is 0. The van der Waals surface area contributed by atoms with E-state index in [0.717, 1.165) is 0 Å². The summed E-state index contributed by atoms with van der Waals surface area (Å²) in [6, 6.07) is 13.8. The van der Waals surface area contributed by atoms with Crippen LogP contribution in [0, 0.1) is 12.7 Å². The lowest BCUT2D eigenvalue weighted by Crippen LogP contribution is -2.27. The number of hydrogen-bond acceptors (Lipinski definition) is 6. The van der Waals surface area contributed by atoms with Crippen LogP contribution in [-0.4, -0.2) is 35.4 Å². The van der Waals surface area contributed by atoms with Crippen molar-refractivity contribution in [3.05, 3.63) is 105 Å². The molecule has 5 aromatic rings. The number of hydrogen-bond donors (Lipinski definition) is 2. The maximum absolute atomic E-state index is 14.3. The fraction of sp³-hybridized carbons (Fsp3) is 0.0435. The van der Waals surface area contributed by atoms with Crippen molar-refractivity contribution in [1.82, 2.24) is 29.5 Å². The average molecular weight is 457 g/mol. The van der Waals surface area contributed by atoms with Gasteiger partial charge in [-0.05, 0) is 31.2 Å². The predicted molar refractivity (Wildman–Crippen MR) is 122 cm³/mol. The van der Waals surface area contributed by atoms with Gasteiger partial charge in [0.1, 0.15) is 16.9 Å². The van der Waals surface area contributed by atoms with E-state index in [1.807, 2.05) is 0 Å². The van der Waals surface area contributed by atoms with E-state index in [2.05, 4.69) is 25.5 Å². The van der Waals surface area contributed by atoms with Crippen LogP contribution in [-0.2, 0) is 0 Å². The van der Waals surface area contributed by atoms with E-state index in [0.29, 0.717) is 22.7 Å². The quantitative estimate of drug-likeness (QED) is 0.427. The first-order valence-electron chi connectivity index (χ1n) is 10.1. The van der Waals surface area contributed by atoms with E-state index in [1.54, 1.807) is 37.3 Å². The molecule has 0 fully saturated rings. The first-order chi connectivity index (χ1) is 16.4. The van der Waals surface area contributed by atoms with Gasteiger partial charge in [-0.15, -0.1) is 0 Å². The van der Waals surface area contributed by atoms with E-state index < -0.39 is 22.8 Å². The molecule has 0 spiro atoms. The van der Waals surface area contributed by atoms with Gasteiger partial charge in [-0.2, -0.15) is 10.2 Å². The Balaban J connectivity index is 1.56. The standard InChI is InChI=1S/C23H16FN7O3/c1-13-10-19(32)20(29-30(13)17-8-4-2-6-15(17)24)23(34)28-16-7-3-5-9-18(16)31-21-14(11-27-31)22(33)26-12-25-21/h2-12H,1H3,(H,28,34)(H,25,26,33). The highest BCUT2D eigenvalue weighted by molar-refractivity contribution is 6.04. The number of para-hydroxylation sites is 3. The third kappa shape index (κ3) is 3.54. The summed E-state index contributed by atoms with van der Waals surface area (Å²) in [5.74, 6) is -1.34. The molecular formula is C23H16FN7O3. The second-order valence-electron chi connectivity index (χ2n) is 7.36. The molecule has 0 radical (unpaired) electrons. The zero-order valence-corrected chi connectivity index (χ0v) is 17.7. The number of aryl methyl sites for hydroxylation is 1. The lowest BCUT2D eigenvalue weighted by molar-refractivity contribution is 0.101. The van der Waals surface area contributed by atoms with Crippen LogP contribution in [0.25, 0.3) is 22.4 Å². The van der Waals surface area contributed by atoms with Crippen molar-refractivity contribution < 1.29 is 9.18 Å².